The van der Waals surface area contributed by atoms with Gasteiger partial charge in [-0.15, -0.1) is 0 Å². The maximum absolute atomic E-state index is 12.4. The molecule has 108 valence electrons. The molecule has 2 rings (SSSR count). The maximum Gasteiger partial charge on any atom is 0.242 e. The predicted octanol–water partition coefficient (Wildman–Crippen LogP) is 2.15. The lowest BCUT2D eigenvalue weighted by Crippen LogP contribution is -2.53. The number of piperidine rings is 1. The van der Waals surface area contributed by atoms with Crippen LogP contribution in [0.3, 0.4) is 0 Å². The Morgan fingerprint density at radius 2 is 2.05 bits per heavy atom. The molecular weight excluding hydrogens is 264 g/mol. The van der Waals surface area contributed by atoms with Crippen LogP contribution in [-0.2, 0) is 4.79 Å². The molecule has 5 nitrogen and oxygen atoms in total. The van der Waals surface area contributed by atoms with Crippen LogP contribution < -0.4 is 10.6 Å². The summed E-state index contributed by atoms with van der Waals surface area (Å²) >= 11 is 0. The Kier molecular flexibility index (Phi) is 4.26. The van der Waals surface area contributed by atoms with Gasteiger partial charge in [-0.3, -0.25) is 4.79 Å². The average molecular weight is 282 g/mol. The second-order valence-electron chi connectivity index (χ2n) is 5.95. The molecule has 1 aliphatic heterocycles. The summed E-state index contributed by atoms with van der Waals surface area (Å²) < 4.78 is 0. The summed E-state index contributed by atoms with van der Waals surface area (Å²) in [5.74, 6) is -0.103. The molecule has 1 aromatic rings. The van der Waals surface area contributed by atoms with Gasteiger partial charge in [-0.25, -0.2) is 0 Å². The Morgan fingerprint density at radius 3 is 2.67 bits per heavy atom. The second kappa shape index (κ2) is 5.95. The molecule has 1 saturated heterocycles. The molecule has 2 N–H and O–H groups in total. The minimum atomic E-state index is -0.257. The van der Waals surface area contributed by atoms with Gasteiger partial charge < -0.3 is 10.6 Å². The van der Waals surface area contributed by atoms with Crippen LogP contribution in [0.1, 0.15) is 37.8 Å². The van der Waals surface area contributed by atoms with Gasteiger partial charge in [-0.05, 0) is 43.0 Å². The molecular formula is C16H18N4O. The Balaban J connectivity index is 2.17. The first kappa shape index (κ1) is 15.0. The van der Waals surface area contributed by atoms with Crippen LogP contribution in [0, 0.1) is 28.1 Å². The van der Waals surface area contributed by atoms with Crippen molar-refractivity contribution in [2.75, 3.05) is 11.9 Å². The molecule has 1 fully saturated rings. The van der Waals surface area contributed by atoms with Crippen molar-refractivity contribution in [3.8, 4) is 12.1 Å². The lowest BCUT2D eigenvalue weighted by molar-refractivity contribution is -0.121. The van der Waals surface area contributed by atoms with Crippen LogP contribution in [0.5, 0.6) is 0 Å². The summed E-state index contributed by atoms with van der Waals surface area (Å²) in [6.45, 7) is 4.98. The van der Waals surface area contributed by atoms with Gasteiger partial charge in [0.2, 0.25) is 5.91 Å². The van der Waals surface area contributed by atoms with Gasteiger partial charge in [0.05, 0.1) is 17.2 Å². The standard InChI is InChI=1S/C16H18N4O/c1-16(2)6-3-7-19-14(16)15(21)20-13-5-4-11(9-17)12(8-13)10-18/h4-5,8,14,19H,3,6-7H2,1-2H3,(H,20,21). The molecule has 0 aliphatic carbocycles. The zero-order chi connectivity index (χ0) is 15.5. The quantitative estimate of drug-likeness (QED) is 0.869. The van der Waals surface area contributed by atoms with Crippen LogP contribution in [-0.4, -0.2) is 18.5 Å². The van der Waals surface area contributed by atoms with E-state index < -0.39 is 0 Å². The van der Waals surface area contributed by atoms with Gasteiger partial charge >= 0.3 is 0 Å². The third kappa shape index (κ3) is 3.21. The molecule has 0 spiro atoms. The number of nitrogens with zero attached hydrogens (tertiary/aromatic N) is 2. The smallest absolute Gasteiger partial charge is 0.242 e. The van der Waals surface area contributed by atoms with Crippen LogP contribution in [0.25, 0.3) is 0 Å². The Labute approximate surface area is 124 Å². The first-order valence-corrected chi connectivity index (χ1v) is 6.96. The van der Waals surface area contributed by atoms with E-state index in [1.807, 2.05) is 12.1 Å². The van der Waals surface area contributed by atoms with Gasteiger partial charge in [-0.1, -0.05) is 13.8 Å². The molecule has 1 amide bonds. The lowest BCUT2D eigenvalue weighted by atomic mass is 9.77. The second-order valence-corrected chi connectivity index (χ2v) is 5.95. The minimum Gasteiger partial charge on any atom is -0.325 e. The third-order valence-corrected chi connectivity index (χ3v) is 3.92. The topological polar surface area (TPSA) is 88.7 Å². The SMILES string of the molecule is CC1(C)CCCNC1C(=O)Nc1ccc(C#N)c(C#N)c1. The normalized spacial score (nSPS) is 20.1. The first-order valence-electron chi connectivity index (χ1n) is 6.96. The van der Waals surface area contributed by atoms with E-state index in [0.717, 1.165) is 19.4 Å². The van der Waals surface area contributed by atoms with Gasteiger partial charge in [0, 0.05) is 5.69 Å². The zero-order valence-electron chi connectivity index (χ0n) is 12.2. The molecule has 21 heavy (non-hydrogen) atoms. The third-order valence-electron chi connectivity index (χ3n) is 3.92. The van der Waals surface area contributed by atoms with Crippen molar-refractivity contribution in [3.63, 3.8) is 0 Å². The number of rotatable bonds is 2. The van der Waals surface area contributed by atoms with E-state index in [4.69, 9.17) is 10.5 Å². The number of nitriles is 2. The first-order chi connectivity index (χ1) is 9.97. The molecule has 0 saturated carbocycles. The summed E-state index contributed by atoms with van der Waals surface area (Å²) in [5.41, 5.74) is 1.02. The Bertz CT molecular complexity index is 637. The number of hydrogen-bond donors (Lipinski definition) is 2. The lowest BCUT2D eigenvalue weighted by Gasteiger charge is -2.38. The van der Waals surface area contributed by atoms with Crippen molar-refractivity contribution in [2.45, 2.75) is 32.7 Å². The Morgan fingerprint density at radius 1 is 1.33 bits per heavy atom. The summed E-state index contributed by atoms with van der Waals surface area (Å²) in [4.78, 5) is 12.4. The fraction of sp³-hybridized carbons (Fsp3) is 0.438. The van der Waals surface area contributed by atoms with E-state index in [2.05, 4.69) is 24.5 Å². The van der Waals surface area contributed by atoms with Crippen LogP contribution in [0.2, 0.25) is 0 Å². The van der Waals surface area contributed by atoms with Crippen LogP contribution in [0.4, 0.5) is 5.69 Å². The van der Waals surface area contributed by atoms with Gasteiger partial charge in [-0.2, -0.15) is 10.5 Å². The van der Waals surface area contributed by atoms with Crippen molar-refractivity contribution >= 4 is 11.6 Å². The van der Waals surface area contributed by atoms with Crippen molar-refractivity contribution < 1.29 is 4.79 Å². The molecule has 1 atom stereocenters. The summed E-state index contributed by atoms with van der Waals surface area (Å²) in [6.07, 6.45) is 2.06. The maximum atomic E-state index is 12.4. The fourth-order valence-corrected chi connectivity index (χ4v) is 2.69. The van der Waals surface area contributed by atoms with E-state index in [0.29, 0.717) is 11.3 Å². The van der Waals surface area contributed by atoms with Crippen LogP contribution in [0.15, 0.2) is 18.2 Å². The molecule has 0 aromatic heterocycles. The number of anilines is 1. The van der Waals surface area contributed by atoms with Gasteiger partial charge in [0.15, 0.2) is 0 Å². The van der Waals surface area contributed by atoms with Gasteiger partial charge in [0.1, 0.15) is 12.1 Å². The van der Waals surface area contributed by atoms with Crippen molar-refractivity contribution in [2.24, 2.45) is 5.41 Å². The van der Waals surface area contributed by atoms with E-state index in [1.165, 1.54) is 6.07 Å². The number of carbonyl (C=O) groups is 1. The molecule has 1 aliphatic rings. The number of amides is 1. The highest BCUT2D eigenvalue weighted by Gasteiger charge is 2.37. The highest BCUT2D eigenvalue weighted by Crippen LogP contribution is 2.30. The predicted molar refractivity (Wildman–Crippen MR) is 79.3 cm³/mol. The number of benzene rings is 1. The monoisotopic (exact) mass is 282 g/mol. The summed E-state index contributed by atoms with van der Waals surface area (Å²) in [6, 6.07) is 8.39. The van der Waals surface area contributed by atoms with Crippen molar-refractivity contribution in [3.05, 3.63) is 29.3 Å². The fourth-order valence-electron chi connectivity index (χ4n) is 2.69. The van der Waals surface area contributed by atoms with Gasteiger partial charge in [0.25, 0.3) is 0 Å². The van der Waals surface area contributed by atoms with Crippen molar-refractivity contribution in [1.29, 1.82) is 10.5 Å². The average Bonchev–Trinajstić information content (AvgIpc) is 2.46. The van der Waals surface area contributed by atoms with E-state index in [9.17, 15) is 4.79 Å². The van der Waals surface area contributed by atoms with E-state index >= 15 is 0 Å². The number of hydrogen-bond acceptors (Lipinski definition) is 4. The van der Waals surface area contributed by atoms with E-state index in [-0.39, 0.29) is 22.9 Å². The highest BCUT2D eigenvalue weighted by molar-refractivity contribution is 5.95. The number of carbonyl (C=O) groups excluding carboxylic acids is 1. The Hall–Kier alpha value is -2.37. The molecule has 0 bridgehead atoms. The molecule has 1 aromatic carbocycles. The van der Waals surface area contributed by atoms with Crippen molar-refractivity contribution in [1.82, 2.24) is 5.32 Å². The molecule has 1 unspecified atom stereocenters. The summed E-state index contributed by atoms with van der Waals surface area (Å²) in [7, 11) is 0. The molecule has 1 heterocycles. The highest BCUT2D eigenvalue weighted by atomic mass is 16.2. The largest absolute Gasteiger partial charge is 0.325 e. The summed E-state index contributed by atoms with van der Waals surface area (Å²) in [5, 5.41) is 24.0. The van der Waals surface area contributed by atoms with Crippen LogP contribution >= 0.6 is 0 Å². The van der Waals surface area contributed by atoms with E-state index in [1.54, 1.807) is 12.1 Å². The molecule has 5 heteroatoms. The minimum absolute atomic E-state index is 0.103. The molecule has 0 radical (unpaired) electrons. The zero-order valence-corrected chi connectivity index (χ0v) is 12.2. The number of nitrogens with one attached hydrogen (secondary N) is 2.